The summed E-state index contributed by atoms with van der Waals surface area (Å²) in [4.78, 5) is 15.6. The van der Waals surface area contributed by atoms with Crippen LogP contribution in [0, 0.1) is 0 Å². The maximum Gasteiger partial charge on any atom is 0.349 e. The summed E-state index contributed by atoms with van der Waals surface area (Å²) < 4.78 is 4.56. The molecule has 0 saturated carbocycles. The van der Waals surface area contributed by atoms with Crippen LogP contribution < -0.4 is 0 Å². The fourth-order valence-corrected chi connectivity index (χ4v) is 2.01. The van der Waals surface area contributed by atoms with E-state index < -0.39 is 12.1 Å². The molecule has 0 radical (unpaired) electrons. The molecule has 0 aromatic carbocycles. The molecule has 1 aromatic rings. The van der Waals surface area contributed by atoms with Crippen LogP contribution in [0.3, 0.4) is 0 Å². The average molecular weight is 229 g/mol. The number of hydrogen-bond acceptors (Lipinski definition) is 5. The van der Waals surface area contributed by atoms with Gasteiger partial charge in [-0.3, -0.25) is 0 Å². The second-order valence-electron chi connectivity index (χ2n) is 3.21. The highest BCUT2D eigenvalue weighted by atomic mass is 32.1. The molecule has 0 aliphatic rings. The van der Waals surface area contributed by atoms with Gasteiger partial charge in [0.15, 0.2) is 0 Å². The van der Waals surface area contributed by atoms with E-state index in [4.69, 9.17) is 0 Å². The van der Waals surface area contributed by atoms with E-state index in [1.54, 1.807) is 0 Å². The maximum atomic E-state index is 11.1. The molecular formula is C10H15NO3S. The Kier molecular flexibility index (Phi) is 4.71. The van der Waals surface area contributed by atoms with Gasteiger partial charge in [0.2, 0.25) is 0 Å². The third-order valence-electron chi connectivity index (χ3n) is 2.03. The smallest absolute Gasteiger partial charge is 0.349 e. The van der Waals surface area contributed by atoms with Crippen LogP contribution in [0.5, 0.6) is 0 Å². The molecule has 4 nitrogen and oxygen atoms in total. The molecule has 15 heavy (non-hydrogen) atoms. The number of carbonyl (C=O) groups is 1. The summed E-state index contributed by atoms with van der Waals surface area (Å²) in [5.74, 6) is -0.401. The van der Waals surface area contributed by atoms with E-state index in [-0.39, 0.29) is 0 Å². The molecule has 84 valence electrons. The summed E-state index contributed by atoms with van der Waals surface area (Å²) >= 11 is 1.19. The number of rotatable bonds is 5. The molecule has 0 bridgehead atoms. The highest BCUT2D eigenvalue weighted by Gasteiger charge is 2.15. The van der Waals surface area contributed by atoms with E-state index in [1.165, 1.54) is 24.6 Å². The van der Waals surface area contributed by atoms with E-state index in [2.05, 4.69) is 16.6 Å². The summed E-state index contributed by atoms with van der Waals surface area (Å²) in [5.41, 5.74) is 0. The Morgan fingerprint density at radius 1 is 1.73 bits per heavy atom. The van der Waals surface area contributed by atoms with Crippen molar-refractivity contribution in [1.29, 1.82) is 0 Å². The fourth-order valence-electron chi connectivity index (χ4n) is 1.16. The van der Waals surface area contributed by atoms with Crippen LogP contribution in [-0.2, 0) is 4.74 Å². The van der Waals surface area contributed by atoms with Crippen molar-refractivity contribution in [1.82, 2.24) is 4.98 Å². The molecule has 0 aliphatic heterocycles. The summed E-state index contributed by atoms with van der Waals surface area (Å²) in [6, 6.07) is 0. The summed E-state index contributed by atoms with van der Waals surface area (Å²) in [6.07, 6.45) is 3.56. The first-order valence-corrected chi connectivity index (χ1v) is 5.72. The average Bonchev–Trinajstić information content (AvgIpc) is 2.74. The highest BCUT2D eigenvalue weighted by Crippen LogP contribution is 2.24. The Bertz CT molecular complexity index is 324. The Balaban J connectivity index is 2.62. The van der Waals surface area contributed by atoms with Gasteiger partial charge >= 0.3 is 5.97 Å². The van der Waals surface area contributed by atoms with Crippen molar-refractivity contribution < 1.29 is 14.6 Å². The maximum absolute atomic E-state index is 11.1. The van der Waals surface area contributed by atoms with Gasteiger partial charge in [0.25, 0.3) is 0 Å². The molecule has 5 heteroatoms. The van der Waals surface area contributed by atoms with Crippen molar-refractivity contribution in [3.05, 3.63) is 16.1 Å². The Morgan fingerprint density at radius 3 is 3.07 bits per heavy atom. The number of nitrogens with zero attached hydrogens (tertiary/aromatic N) is 1. The topological polar surface area (TPSA) is 59.4 Å². The lowest BCUT2D eigenvalue weighted by molar-refractivity contribution is 0.0606. The molecule has 1 aromatic heterocycles. The fraction of sp³-hybridized carbons (Fsp3) is 0.600. The third kappa shape index (κ3) is 3.28. The lowest BCUT2D eigenvalue weighted by atomic mass is 10.2. The number of carbonyl (C=O) groups excluding carboxylic acids is 1. The number of aliphatic hydroxyl groups excluding tert-OH is 1. The van der Waals surface area contributed by atoms with E-state index in [0.717, 1.165) is 12.8 Å². The molecule has 1 heterocycles. The van der Waals surface area contributed by atoms with Gasteiger partial charge in [0, 0.05) is 0 Å². The van der Waals surface area contributed by atoms with Crippen LogP contribution in [0.25, 0.3) is 0 Å². The minimum Gasteiger partial charge on any atom is -0.465 e. The normalized spacial score (nSPS) is 12.5. The lowest BCUT2D eigenvalue weighted by Crippen LogP contribution is -1.97. The number of ether oxygens (including phenoxy) is 1. The zero-order valence-corrected chi connectivity index (χ0v) is 9.71. The van der Waals surface area contributed by atoms with E-state index in [9.17, 15) is 9.90 Å². The number of thiazole rings is 1. The van der Waals surface area contributed by atoms with Gasteiger partial charge in [0.1, 0.15) is 16.0 Å². The number of unbranched alkanes of at least 4 members (excludes halogenated alkanes) is 1. The van der Waals surface area contributed by atoms with Gasteiger partial charge in [-0.15, -0.1) is 11.3 Å². The molecule has 0 spiro atoms. The Morgan fingerprint density at radius 2 is 2.47 bits per heavy atom. The predicted octanol–water partition coefficient (Wildman–Crippen LogP) is 2.15. The van der Waals surface area contributed by atoms with Crippen LogP contribution in [-0.4, -0.2) is 23.2 Å². The van der Waals surface area contributed by atoms with Crippen LogP contribution in [0.15, 0.2) is 6.20 Å². The van der Waals surface area contributed by atoms with E-state index >= 15 is 0 Å². The van der Waals surface area contributed by atoms with E-state index in [0.29, 0.717) is 16.3 Å². The number of aromatic nitrogens is 1. The highest BCUT2D eigenvalue weighted by molar-refractivity contribution is 7.13. The first kappa shape index (κ1) is 12.1. The zero-order chi connectivity index (χ0) is 11.3. The van der Waals surface area contributed by atoms with Gasteiger partial charge in [-0.25, -0.2) is 9.78 Å². The molecule has 1 unspecified atom stereocenters. The predicted molar refractivity (Wildman–Crippen MR) is 57.9 cm³/mol. The van der Waals surface area contributed by atoms with Gasteiger partial charge in [-0.2, -0.15) is 0 Å². The second kappa shape index (κ2) is 5.82. The SMILES string of the molecule is CCCCC(O)c1ncc(C(=O)OC)s1. The minimum atomic E-state index is -0.562. The number of aliphatic hydroxyl groups is 1. The van der Waals surface area contributed by atoms with Crippen molar-refractivity contribution in [2.24, 2.45) is 0 Å². The van der Waals surface area contributed by atoms with Crippen molar-refractivity contribution in [2.45, 2.75) is 32.3 Å². The molecule has 1 rings (SSSR count). The van der Waals surface area contributed by atoms with Crippen molar-refractivity contribution in [2.75, 3.05) is 7.11 Å². The monoisotopic (exact) mass is 229 g/mol. The second-order valence-corrected chi connectivity index (χ2v) is 4.27. The standard InChI is InChI=1S/C10H15NO3S/c1-3-4-5-7(12)9-11-6-8(15-9)10(13)14-2/h6-7,12H,3-5H2,1-2H3. The largest absolute Gasteiger partial charge is 0.465 e. The first-order chi connectivity index (χ1) is 7.19. The van der Waals surface area contributed by atoms with Crippen LogP contribution >= 0.6 is 11.3 Å². The van der Waals surface area contributed by atoms with Gasteiger partial charge < -0.3 is 9.84 Å². The zero-order valence-electron chi connectivity index (χ0n) is 8.90. The molecule has 0 saturated heterocycles. The van der Waals surface area contributed by atoms with Crippen LogP contribution in [0.4, 0.5) is 0 Å². The van der Waals surface area contributed by atoms with Crippen molar-refractivity contribution >= 4 is 17.3 Å². The van der Waals surface area contributed by atoms with Gasteiger partial charge in [0.05, 0.1) is 13.3 Å². The first-order valence-electron chi connectivity index (χ1n) is 4.91. The molecule has 1 N–H and O–H groups in total. The number of methoxy groups -OCH3 is 1. The summed E-state index contributed by atoms with van der Waals surface area (Å²) in [6.45, 7) is 2.06. The van der Waals surface area contributed by atoms with E-state index in [1.807, 2.05) is 0 Å². The molecule has 0 aliphatic carbocycles. The lowest BCUT2D eigenvalue weighted by Gasteiger charge is -2.04. The van der Waals surface area contributed by atoms with Gasteiger partial charge in [-0.05, 0) is 6.42 Å². The molecular weight excluding hydrogens is 214 g/mol. The summed E-state index contributed by atoms with van der Waals surface area (Å²) in [7, 11) is 1.33. The molecule has 0 amide bonds. The van der Waals surface area contributed by atoms with Crippen molar-refractivity contribution in [3.8, 4) is 0 Å². The third-order valence-corrected chi connectivity index (χ3v) is 3.10. The van der Waals surface area contributed by atoms with Crippen molar-refractivity contribution in [3.63, 3.8) is 0 Å². The molecule has 1 atom stereocenters. The van der Waals surface area contributed by atoms with Crippen LogP contribution in [0.2, 0.25) is 0 Å². The molecule has 0 fully saturated rings. The summed E-state index contributed by atoms with van der Waals surface area (Å²) in [5, 5.41) is 10.3. The van der Waals surface area contributed by atoms with Gasteiger partial charge in [-0.1, -0.05) is 19.8 Å². The number of hydrogen-bond donors (Lipinski definition) is 1. The quantitative estimate of drug-likeness (QED) is 0.786. The number of esters is 1. The Labute approximate surface area is 92.9 Å². The minimum absolute atomic E-state index is 0.401. The Hall–Kier alpha value is -0.940. The van der Waals surface area contributed by atoms with Crippen LogP contribution in [0.1, 0.15) is 47.0 Å².